The summed E-state index contributed by atoms with van der Waals surface area (Å²) in [6.45, 7) is 0.669. The molecular weight excluding hydrogens is 266 g/mol. The van der Waals surface area contributed by atoms with Crippen molar-refractivity contribution in [1.29, 1.82) is 0 Å². The fraction of sp³-hybridized carbons (Fsp3) is 0.455. The summed E-state index contributed by atoms with van der Waals surface area (Å²) in [4.78, 5) is 21.6. The predicted octanol–water partition coefficient (Wildman–Crippen LogP) is 0.370. The molecule has 0 saturated carbocycles. The van der Waals surface area contributed by atoms with Crippen LogP contribution >= 0.6 is 11.8 Å². The normalized spacial score (nSPS) is 19.8. The van der Waals surface area contributed by atoms with Crippen molar-refractivity contribution in [1.82, 2.24) is 19.7 Å². The van der Waals surface area contributed by atoms with Crippen LogP contribution in [-0.2, 0) is 11.8 Å². The van der Waals surface area contributed by atoms with Crippen LogP contribution in [0.15, 0.2) is 12.5 Å². The zero-order chi connectivity index (χ0) is 13.4. The Morgan fingerprint density at radius 2 is 2.37 bits per heavy atom. The van der Waals surface area contributed by atoms with Gasteiger partial charge < -0.3 is 10.0 Å². The first kappa shape index (κ1) is 12.2. The SMILES string of the molecule is Cn1ncc2c(N3CCSCC3C(=O)O)ncnc21. The fourth-order valence-corrected chi connectivity index (χ4v) is 3.28. The van der Waals surface area contributed by atoms with Crippen LogP contribution in [0, 0.1) is 0 Å². The van der Waals surface area contributed by atoms with Gasteiger partial charge in [-0.1, -0.05) is 0 Å². The average Bonchev–Trinajstić information content (AvgIpc) is 2.81. The molecule has 1 unspecified atom stereocenters. The number of anilines is 1. The maximum atomic E-state index is 11.4. The van der Waals surface area contributed by atoms with E-state index in [1.54, 1.807) is 29.7 Å². The van der Waals surface area contributed by atoms with Crippen molar-refractivity contribution >= 4 is 34.6 Å². The molecule has 1 atom stereocenters. The lowest BCUT2D eigenvalue weighted by Crippen LogP contribution is -2.47. The summed E-state index contributed by atoms with van der Waals surface area (Å²) in [7, 11) is 1.81. The van der Waals surface area contributed by atoms with Gasteiger partial charge in [-0.2, -0.15) is 16.9 Å². The first-order valence-corrected chi connectivity index (χ1v) is 7.04. The molecule has 1 fully saturated rings. The molecule has 1 aliphatic heterocycles. The third-order valence-corrected chi connectivity index (χ3v) is 4.22. The van der Waals surface area contributed by atoms with Gasteiger partial charge in [-0.3, -0.25) is 4.68 Å². The van der Waals surface area contributed by atoms with Gasteiger partial charge in [0, 0.05) is 25.1 Å². The zero-order valence-corrected chi connectivity index (χ0v) is 11.2. The summed E-state index contributed by atoms with van der Waals surface area (Å²) < 4.78 is 1.66. The molecule has 2 aromatic rings. The Kier molecular flexibility index (Phi) is 3.02. The lowest BCUT2D eigenvalue weighted by Gasteiger charge is -2.33. The minimum atomic E-state index is -0.817. The first-order valence-electron chi connectivity index (χ1n) is 5.88. The molecule has 0 aliphatic carbocycles. The molecular formula is C11H13N5O2S. The molecule has 0 spiro atoms. The topological polar surface area (TPSA) is 84.1 Å². The Balaban J connectivity index is 2.09. The Morgan fingerprint density at radius 1 is 1.53 bits per heavy atom. The Morgan fingerprint density at radius 3 is 3.16 bits per heavy atom. The van der Waals surface area contributed by atoms with Crippen molar-refractivity contribution < 1.29 is 9.90 Å². The van der Waals surface area contributed by atoms with Crippen LogP contribution in [0.2, 0.25) is 0 Å². The number of carboxylic acid groups (broad SMARTS) is 1. The van der Waals surface area contributed by atoms with E-state index in [0.29, 0.717) is 23.8 Å². The van der Waals surface area contributed by atoms with E-state index in [9.17, 15) is 9.90 Å². The van der Waals surface area contributed by atoms with Crippen molar-refractivity contribution in [2.24, 2.45) is 7.05 Å². The lowest BCUT2D eigenvalue weighted by atomic mass is 10.2. The quantitative estimate of drug-likeness (QED) is 0.850. The van der Waals surface area contributed by atoms with Crippen molar-refractivity contribution in [3.05, 3.63) is 12.5 Å². The van der Waals surface area contributed by atoms with Crippen LogP contribution in [0.1, 0.15) is 0 Å². The Bertz CT molecular complexity index is 629. The number of aryl methyl sites for hydroxylation is 1. The minimum Gasteiger partial charge on any atom is -0.480 e. The van der Waals surface area contributed by atoms with Gasteiger partial charge in [0.15, 0.2) is 5.65 Å². The van der Waals surface area contributed by atoms with Crippen LogP contribution in [0.3, 0.4) is 0 Å². The number of fused-ring (bicyclic) bond motifs is 1. The molecule has 3 heterocycles. The molecule has 19 heavy (non-hydrogen) atoms. The largest absolute Gasteiger partial charge is 0.480 e. The van der Waals surface area contributed by atoms with Crippen molar-refractivity contribution in [2.45, 2.75) is 6.04 Å². The van der Waals surface area contributed by atoms with Crippen LogP contribution in [0.4, 0.5) is 5.82 Å². The van der Waals surface area contributed by atoms with Crippen molar-refractivity contribution in [3.8, 4) is 0 Å². The van der Waals surface area contributed by atoms with E-state index >= 15 is 0 Å². The van der Waals surface area contributed by atoms with Gasteiger partial charge in [-0.15, -0.1) is 0 Å². The molecule has 100 valence electrons. The predicted molar refractivity (Wildman–Crippen MR) is 72.4 cm³/mol. The van der Waals surface area contributed by atoms with Crippen molar-refractivity contribution in [3.63, 3.8) is 0 Å². The molecule has 0 amide bonds. The van der Waals surface area contributed by atoms with Crippen LogP contribution in [0.5, 0.6) is 0 Å². The van der Waals surface area contributed by atoms with Crippen molar-refractivity contribution in [2.75, 3.05) is 23.0 Å². The number of aromatic nitrogens is 4. The van der Waals surface area contributed by atoms with E-state index in [4.69, 9.17) is 0 Å². The summed E-state index contributed by atoms with van der Waals surface area (Å²) in [6, 6.07) is -0.544. The van der Waals surface area contributed by atoms with Gasteiger partial charge in [0.25, 0.3) is 0 Å². The number of carbonyl (C=O) groups is 1. The third kappa shape index (κ3) is 2.01. The molecule has 8 heteroatoms. The van der Waals surface area contributed by atoms with Crippen LogP contribution in [0.25, 0.3) is 11.0 Å². The number of thioether (sulfide) groups is 1. The second-order valence-corrected chi connectivity index (χ2v) is 5.47. The van der Waals surface area contributed by atoms with Gasteiger partial charge >= 0.3 is 5.97 Å². The number of carboxylic acids is 1. The van der Waals surface area contributed by atoms with Gasteiger partial charge in [-0.25, -0.2) is 14.8 Å². The van der Waals surface area contributed by atoms with E-state index in [2.05, 4.69) is 15.1 Å². The molecule has 0 aromatic carbocycles. The van der Waals surface area contributed by atoms with E-state index < -0.39 is 12.0 Å². The Labute approximate surface area is 113 Å². The molecule has 1 saturated heterocycles. The number of rotatable bonds is 2. The van der Waals surface area contributed by atoms with Crippen LogP contribution < -0.4 is 4.90 Å². The number of nitrogens with zero attached hydrogens (tertiary/aromatic N) is 5. The molecule has 1 N–H and O–H groups in total. The fourth-order valence-electron chi connectivity index (χ4n) is 2.24. The number of aliphatic carboxylic acids is 1. The summed E-state index contributed by atoms with van der Waals surface area (Å²) >= 11 is 1.65. The maximum Gasteiger partial charge on any atom is 0.327 e. The second-order valence-electron chi connectivity index (χ2n) is 4.33. The first-order chi connectivity index (χ1) is 9.18. The van der Waals surface area contributed by atoms with E-state index in [-0.39, 0.29) is 0 Å². The zero-order valence-electron chi connectivity index (χ0n) is 10.4. The monoisotopic (exact) mass is 279 g/mol. The van der Waals surface area contributed by atoms with Crippen LogP contribution in [-0.4, -0.2) is 54.9 Å². The smallest absolute Gasteiger partial charge is 0.327 e. The average molecular weight is 279 g/mol. The highest BCUT2D eigenvalue weighted by Gasteiger charge is 2.31. The highest BCUT2D eigenvalue weighted by molar-refractivity contribution is 7.99. The highest BCUT2D eigenvalue weighted by atomic mass is 32.2. The molecule has 0 radical (unpaired) electrons. The molecule has 7 nitrogen and oxygen atoms in total. The number of hydrogen-bond donors (Lipinski definition) is 1. The second kappa shape index (κ2) is 4.69. The maximum absolute atomic E-state index is 11.4. The summed E-state index contributed by atoms with van der Waals surface area (Å²) in [5, 5.41) is 14.3. The molecule has 1 aliphatic rings. The summed E-state index contributed by atoms with van der Waals surface area (Å²) in [5.41, 5.74) is 0.715. The minimum absolute atomic E-state index is 0.544. The standard InChI is InChI=1S/C11H13N5O2S/c1-15-9-7(4-14-15)10(13-6-12-9)16-2-3-19-5-8(16)11(17)18/h4,6,8H,2-3,5H2,1H3,(H,17,18). The lowest BCUT2D eigenvalue weighted by molar-refractivity contribution is -0.138. The van der Waals surface area contributed by atoms with E-state index in [1.165, 1.54) is 6.33 Å². The van der Waals surface area contributed by atoms with Gasteiger partial charge in [0.05, 0.1) is 11.6 Å². The third-order valence-electron chi connectivity index (χ3n) is 3.19. The Hall–Kier alpha value is -1.83. The van der Waals surface area contributed by atoms with E-state index in [0.717, 1.165) is 11.1 Å². The highest BCUT2D eigenvalue weighted by Crippen LogP contribution is 2.27. The summed E-state index contributed by atoms with van der Waals surface area (Å²) in [5.74, 6) is 1.31. The summed E-state index contributed by atoms with van der Waals surface area (Å²) in [6.07, 6.45) is 3.14. The van der Waals surface area contributed by atoms with Gasteiger partial charge in [-0.05, 0) is 0 Å². The molecule has 2 aromatic heterocycles. The van der Waals surface area contributed by atoms with Gasteiger partial charge in [0.2, 0.25) is 0 Å². The van der Waals surface area contributed by atoms with E-state index in [1.807, 2.05) is 4.90 Å². The molecule has 3 rings (SSSR count). The number of hydrogen-bond acceptors (Lipinski definition) is 6. The van der Waals surface area contributed by atoms with Gasteiger partial charge in [0.1, 0.15) is 18.2 Å². The molecule has 0 bridgehead atoms.